The van der Waals surface area contributed by atoms with Crippen LogP contribution in [0.25, 0.3) is 0 Å². The maximum absolute atomic E-state index is 1.64. The lowest BCUT2D eigenvalue weighted by molar-refractivity contribution is 0.522. The van der Waals surface area contributed by atoms with Crippen LogP contribution in [0.4, 0.5) is 0 Å². The molecule has 0 N–H and O–H groups in total. The molecule has 0 nitrogen and oxygen atoms in total. The molecule has 4 fully saturated rings. The first-order valence-electron chi connectivity index (χ1n) is 5.93. The summed E-state index contributed by atoms with van der Waals surface area (Å²) in [6.07, 6.45) is 9.62. The molecule has 12 heavy (non-hydrogen) atoms. The van der Waals surface area contributed by atoms with Crippen LogP contribution in [0.1, 0.15) is 38.5 Å². The molecule has 0 bridgehead atoms. The van der Waals surface area contributed by atoms with E-state index >= 15 is 0 Å². The fourth-order valence-electron chi connectivity index (χ4n) is 3.59. The molecule has 0 heterocycles. The van der Waals surface area contributed by atoms with Gasteiger partial charge in [0.2, 0.25) is 0 Å². The third kappa shape index (κ3) is 0.900. The largest absolute Gasteiger partial charge is 0.0499 e. The monoisotopic (exact) mass is 162 g/mol. The molecule has 0 amide bonds. The standard InChI is InChI=1S/C12H18/c1-2-7(1)9-5-11(9)12-6-10(12)8-3-4-8/h7-12H,1-6H2/t9-,10-,11-,12+/m0/s1. The minimum Gasteiger partial charge on any atom is -0.0499 e. The van der Waals surface area contributed by atoms with Crippen LogP contribution in [0.5, 0.6) is 0 Å². The van der Waals surface area contributed by atoms with E-state index in [1.807, 2.05) is 0 Å². The Bertz CT molecular complexity index is 188. The molecule has 0 aromatic carbocycles. The quantitative estimate of drug-likeness (QED) is 0.598. The summed E-state index contributed by atoms with van der Waals surface area (Å²) < 4.78 is 0. The highest BCUT2D eigenvalue weighted by atomic mass is 14.6. The minimum absolute atomic E-state index is 1.22. The zero-order valence-electron chi connectivity index (χ0n) is 7.71. The topological polar surface area (TPSA) is 0 Å². The maximum Gasteiger partial charge on any atom is -0.0349 e. The highest BCUT2D eigenvalue weighted by molar-refractivity contribution is 5.09. The first kappa shape index (κ1) is 6.45. The van der Waals surface area contributed by atoms with E-state index in [0.717, 1.165) is 0 Å². The van der Waals surface area contributed by atoms with Gasteiger partial charge in [-0.05, 0) is 74.0 Å². The molecule has 4 rings (SSSR count). The lowest BCUT2D eigenvalue weighted by atomic mass is 10.1. The molecule has 0 heteroatoms. The van der Waals surface area contributed by atoms with Gasteiger partial charge in [0.05, 0.1) is 0 Å². The predicted octanol–water partition coefficient (Wildman–Crippen LogP) is 3.08. The van der Waals surface area contributed by atoms with Crippen molar-refractivity contribution in [2.75, 3.05) is 0 Å². The van der Waals surface area contributed by atoms with E-state index in [1.54, 1.807) is 38.5 Å². The highest BCUT2D eigenvalue weighted by Crippen LogP contribution is 2.68. The van der Waals surface area contributed by atoms with Crippen LogP contribution in [0.15, 0.2) is 0 Å². The Hall–Kier alpha value is 0. The second-order valence-corrected chi connectivity index (χ2v) is 5.80. The van der Waals surface area contributed by atoms with E-state index in [1.165, 1.54) is 35.5 Å². The fourth-order valence-corrected chi connectivity index (χ4v) is 3.59. The number of hydrogen-bond acceptors (Lipinski definition) is 0. The van der Waals surface area contributed by atoms with Gasteiger partial charge >= 0.3 is 0 Å². The van der Waals surface area contributed by atoms with Crippen molar-refractivity contribution in [3.8, 4) is 0 Å². The SMILES string of the molecule is C1CC1[C@@H]1C[C@@H]1[C@@H]1C[C@H]1C1CC1. The van der Waals surface area contributed by atoms with E-state index < -0.39 is 0 Å². The van der Waals surface area contributed by atoms with Crippen LogP contribution in [0.2, 0.25) is 0 Å². The van der Waals surface area contributed by atoms with Gasteiger partial charge in [0.25, 0.3) is 0 Å². The molecule has 0 spiro atoms. The van der Waals surface area contributed by atoms with Crippen molar-refractivity contribution < 1.29 is 0 Å². The van der Waals surface area contributed by atoms with Gasteiger partial charge in [0.15, 0.2) is 0 Å². The van der Waals surface area contributed by atoms with Crippen molar-refractivity contribution in [2.24, 2.45) is 35.5 Å². The van der Waals surface area contributed by atoms with Crippen molar-refractivity contribution >= 4 is 0 Å². The molecule has 4 atom stereocenters. The average molecular weight is 162 g/mol. The van der Waals surface area contributed by atoms with E-state index in [9.17, 15) is 0 Å². The summed E-state index contributed by atoms with van der Waals surface area (Å²) in [5.41, 5.74) is 0. The smallest absolute Gasteiger partial charge is 0.0349 e. The second kappa shape index (κ2) is 1.91. The molecule has 0 radical (unpaired) electrons. The van der Waals surface area contributed by atoms with E-state index in [4.69, 9.17) is 0 Å². The molecule has 4 aliphatic carbocycles. The Morgan fingerprint density at radius 3 is 1.25 bits per heavy atom. The molecule has 0 saturated heterocycles. The Balaban J connectivity index is 1.37. The Labute approximate surface area is 74.7 Å². The van der Waals surface area contributed by atoms with Gasteiger partial charge in [-0.1, -0.05) is 0 Å². The zero-order chi connectivity index (χ0) is 7.71. The Morgan fingerprint density at radius 2 is 0.917 bits per heavy atom. The van der Waals surface area contributed by atoms with E-state index in [-0.39, 0.29) is 0 Å². The van der Waals surface area contributed by atoms with E-state index in [2.05, 4.69) is 0 Å². The van der Waals surface area contributed by atoms with Gasteiger partial charge < -0.3 is 0 Å². The second-order valence-electron chi connectivity index (χ2n) is 5.80. The van der Waals surface area contributed by atoms with Crippen LogP contribution in [-0.2, 0) is 0 Å². The maximum atomic E-state index is 1.64. The van der Waals surface area contributed by atoms with Gasteiger partial charge in [-0.2, -0.15) is 0 Å². The normalized spacial score (nSPS) is 57.0. The fraction of sp³-hybridized carbons (Fsp3) is 1.00. The summed E-state index contributed by atoms with van der Waals surface area (Å²) >= 11 is 0. The first-order valence-corrected chi connectivity index (χ1v) is 5.93. The molecular weight excluding hydrogens is 144 g/mol. The predicted molar refractivity (Wildman–Crippen MR) is 48.6 cm³/mol. The summed E-state index contributed by atoms with van der Waals surface area (Å²) in [6.45, 7) is 0. The molecule has 0 aromatic rings. The summed E-state index contributed by atoms with van der Waals surface area (Å²) in [5, 5.41) is 0. The van der Waals surface area contributed by atoms with Crippen molar-refractivity contribution in [2.45, 2.75) is 38.5 Å². The lowest BCUT2D eigenvalue weighted by Crippen LogP contribution is -1.91. The van der Waals surface area contributed by atoms with Gasteiger partial charge in [0.1, 0.15) is 0 Å². The summed E-state index contributed by atoms with van der Waals surface area (Å²) in [6, 6.07) is 0. The minimum atomic E-state index is 1.22. The van der Waals surface area contributed by atoms with Crippen LogP contribution >= 0.6 is 0 Å². The van der Waals surface area contributed by atoms with Crippen molar-refractivity contribution in [1.82, 2.24) is 0 Å². The molecule has 0 aliphatic heterocycles. The van der Waals surface area contributed by atoms with Crippen molar-refractivity contribution in [3.05, 3.63) is 0 Å². The molecular formula is C12H18. The molecule has 0 unspecified atom stereocenters. The summed E-state index contributed by atoms with van der Waals surface area (Å²) in [5.74, 6) is 7.38. The van der Waals surface area contributed by atoms with Gasteiger partial charge in [-0.25, -0.2) is 0 Å². The average Bonchev–Trinajstić information content (AvgIpc) is 2.81. The van der Waals surface area contributed by atoms with Gasteiger partial charge in [-0.3, -0.25) is 0 Å². The van der Waals surface area contributed by atoms with Gasteiger partial charge in [0, 0.05) is 0 Å². The van der Waals surface area contributed by atoms with Crippen LogP contribution < -0.4 is 0 Å². The van der Waals surface area contributed by atoms with Crippen molar-refractivity contribution in [3.63, 3.8) is 0 Å². The third-order valence-corrected chi connectivity index (χ3v) is 4.79. The molecule has 4 aliphatic rings. The van der Waals surface area contributed by atoms with E-state index in [0.29, 0.717) is 0 Å². The molecule has 66 valence electrons. The summed E-state index contributed by atoms with van der Waals surface area (Å²) in [4.78, 5) is 0. The van der Waals surface area contributed by atoms with Crippen LogP contribution in [-0.4, -0.2) is 0 Å². The van der Waals surface area contributed by atoms with Gasteiger partial charge in [-0.15, -0.1) is 0 Å². The van der Waals surface area contributed by atoms with Crippen LogP contribution in [0.3, 0.4) is 0 Å². The van der Waals surface area contributed by atoms with Crippen LogP contribution in [0, 0.1) is 35.5 Å². The molecule has 0 aromatic heterocycles. The summed E-state index contributed by atoms with van der Waals surface area (Å²) in [7, 11) is 0. The number of hydrogen-bond donors (Lipinski definition) is 0. The highest BCUT2D eigenvalue weighted by Gasteiger charge is 2.59. The Morgan fingerprint density at radius 1 is 0.500 bits per heavy atom. The zero-order valence-corrected chi connectivity index (χ0v) is 7.71. The molecule has 4 saturated carbocycles. The van der Waals surface area contributed by atoms with Crippen molar-refractivity contribution in [1.29, 1.82) is 0 Å². The Kier molecular flexibility index (Phi) is 1.03. The third-order valence-electron chi connectivity index (χ3n) is 4.79. The lowest BCUT2D eigenvalue weighted by Gasteiger charge is -1.95. The number of rotatable bonds is 3. The first-order chi connectivity index (χ1) is 5.93.